The molecule has 1 atom stereocenters. The van der Waals surface area contributed by atoms with Gasteiger partial charge in [0.15, 0.2) is 0 Å². The molecule has 3 rings (SSSR count). The van der Waals surface area contributed by atoms with Crippen LogP contribution in [0, 0.1) is 0 Å². The van der Waals surface area contributed by atoms with E-state index in [1.807, 2.05) is 23.1 Å². The molecule has 1 amide bonds. The maximum atomic E-state index is 12.3. The van der Waals surface area contributed by atoms with E-state index in [-0.39, 0.29) is 11.9 Å². The van der Waals surface area contributed by atoms with Gasteiger partial charge in [-0.1, -0.05) is 11.2 Å². The molecule has 3 heterocycles. The van der Waals surface area contributed by atoms with Crippen LogP contribution in [0.1, 0.15) is 19.2 Å². The molecule has 22 heavy (non-hydrogen) atoms. The van der Waals surface area contributed by atoms with E-state index in [1.54, 1.807) is 6.20 Å². The molecule has 7 nitrogen and oxygen atoms in total. The van der Waals surface area contributed by atoms with E-state index in [1.165, 1.54) is 0 Å². The van der Waals surface area contributed by atoms with Crippen molar-refractivity contribution in [3.63, 3.8) is 0 Å². The number of hydrogen-bond acceptors (Lipinski definition) is 6. The summed E-state index contributed by atoms with van der Waals surface area (Å²) in [6, 6.07) is 5.75. The van der Waals surface area contributed by atoms with Crippen molar-refractivity contribution in [1.82, 2.24) is 25.3 Å². The van der Waals surface area contributed by atoms with Crippen molar-refractivity contribution in [3.05, 3.63) is 30.3 Å². The number of nitrogens with one attached hydrogen (secondary N) is 1. The Morgan fingerprint density at radius 1 is 1.50 bits per heavy atom. The fourth-order valence-electron chi connectivity index (χ4n) is 2.52. The Morgan fingerprint density at radius 3 is 3.18 bits per heavy atom. The maximum Gasteiger partial charge on any atom is 0.227 e. The predicted octanol–water partition coefficient (Wildman–Crippen LogP) is 0.884. The summed E-state index contributed by atoms with van der Waals surface area (Å²) in [7, 11) is 0. The van der Waals surface area contributed by atoms with Gasteiger partial charge in [-0.2, -0.15) is 4.98 Å². The zero-order valence-corrected chi connectivity index (χ0v) is 12.5. The molecule has 0 bridgehead atoms. The summed E-state index contributed by atoms with van der Waals surface area (Å²) in [5.74, 6) is 1.06. The fraction of sp³-hybridized carbons (Fsp3) is 0.467. The lowest BCUT2D eigenvalue weighted by atomic mass is 10.2. The van der Waals surface area contributed by atoms with Gasteiger partial charge in [-0.25, -0.2) is 0 Å². The Bertz CT molecular complexity index is 628. The quantitative estimate of drug-likeness (QED) is 0.902. The first-order valence-electron chi connectivity index (χ1n) is 7.48. The van der Waals surface area contributed by atoms with Crippen LogP contribution in [-0.2, 0) is 11.2 Å². The summed E-state index contributed by atoms with van der Waals surface area (Å²) in [6.07, 6.45) is 2.52. The average molecular weight is 301 g/mol. The minimum Gasteiger partial charge on any atom is -0.339 e. The van der Waals surface area contributed by atoms with Crippen molar-refractivity contribution in [1.29, 1.82) is 0 Å². The molecule has 7 heteroatoms. The highest BCUT2D eigenvalue weighted by Crippen LogP contribution is 2.13. The second-order valence-corrected chi connectivity index (χ2v) is 5.37. The number of hydrogen-bond donors (Lipinski definition) is 1. The minimum atomic E-state index is 0.131. The van der Waals surface area contributed by atoms with Crippen molar-refractivity contribution in [2.75, 3.05) is 19.6 Å². The molecule has 1 N–H and O–H groups in total. The van der Waals surface area contributed by atoms with E-state index < -0.39 is 0 Å². The largest absolute Gasteiger partial charge is 0.339 e. The smallest absolute Gasteiger partial charge is 0.227 e. The van der Waals surface area contributed by atoms with Crippen LogP contribution >= 0.6 is 0 Å². The highest BCUT2D eigenvalue weighted by atomic mass is 16.5. The van der Waals surface area contributed by atoms with Crippen LogP contribution in [0.4, 0.5) is 0 Å². The predicted molar refractivity (Wildman–Crippen MR) is 79.9 cm³/mol. The highest BCUT2D eigenvalue weighted by molar-refractivity contribution is 5.76. The van der Waals surface area contributed by atoms with Gasteiger partial charge in [0.1, 0.15) is 5.69 Å². The molecule has 1 fully saturated rings. The number of carbonyl (C=O) groups is 1. The Kier molecular flexibility index (Phi) is 4.43. The van der Waals surface area contributed by atoms with Crippen LogP contribution in [0.15, 0.2) is 28.9 Å². The number of aromatic nitrogens is 3. The van der Waals surface area contributed by atoms with Gasteiger partial charge in [0.25, 0.3) is 0 Å². The van der Waals surface area contributed by atoms with Gasteiger partial charge < -0.3 is 14.7 Å². The van der Waals surface area contributed by atoms with E-state index in [9.17, 15) is 4.79 Å². The number of pyridine rings is 1. The molecule has 1 aliphatic rings. The third kappa shape index (κ3) is 3.30. The summed E-state index contributed by atoms with van der Waals surface area (Å²) >= 11 is 0. The molecular weight excluding hydrogens is 282 g/mol. The van der Waals surface area contributed by atoms with E-state index in [0.717, 1.165) is 19.6 Å². The first-order chi connectivity index (χ1) is 10.7. The van der Waals surface area contributed by atoms with Gasteiger partial charge in [0, 0.05) is 44.7 Å². The molecule has 0 aromatic carbocycles. The lowest BCUT2D eigenvalue weighted by Crippen LogP contribution is -2.52. The molecule has 1 aliphatic heterocycles. The second kappa shape index (κ2) is 6.65. The minimum absolute atomic E-state index is 0.131. The second-order valence-electron chi connectivity index (χ2n) is 5.37. The van der Waals surface area contributed by atoms with Crippen molar-refractivity contribution in [2.45, 2.75) is 25.8 Å². The summed E-state index contributed by atoms with van der Waals surface area (Å²) in [5.41, 5.74) is 0.666. The molecule has 0 radical (unpaired) electrons. The molecule has 0 aliphatic carbocycles. The van der Waals surface area contributed by atoms with Crippen LogP contribution in [0.25, 0.3) is 11.5 Å². The van der Waals surface area contributed by atoms with Crippen LogP contribution in [0.2, 0.25) is 0 Å². The van der Waals surface area contributed by atoms with Crippen LogP contribution < -0.4 is 5.32 Å². The summed E-state index contributed by atoms with van der Waals surface area (Å²) in [5, 5.41) is 7.18. The number of aryl methyl sites for hydroxylation is 1. The summed E-state index contributed by atoms with van der Waals surface area (Å²) in [6.45, 7) is 4.50. The Balaban J connectivity index is 1.58. The molecule has 116 valence electrons. The fourth-order valence-corrected chi connectivity index (χ4v) is 2.52. The normalized spacial score (nSPS) is 18.4. The van der Waals surface area contributed by atoms with E-state index in [4.69, 9.17) is 4.52 Å². The molecule has 2 aromatic rings. The van der Waals surface area contributed by atoms with Crippen molar-refractivity contribution < 1.29 is 9.32 Å². The van der Waals surface area contributed by atoms with Gasteiger partial charge in [0.2, 0.25) is 17.6 Å². The Labute approximate surface area is 128 Å². The van der Waals surface area contributed by atoms with Crippen molar-refractivity contribution in [2.24, 2.45) is 0 Å². The van der Waals surface area contributed by atoms with E-state index in [2.05, 4.69) is 27.4 Å². The SMILES string of the molecule is C[C@H]1CNCCN1C(=O)CCc1nc(-c2ccccn2)no1. The van der Waals surface area contributed by atoms with Gasteiger partial charge in [-0.15, -0.1) is 0 Å². The van der Waals surface area contributed by atoms with E-state index in [0.29, 0.717) is 30.3 Å². The zero-order valence-electron chi connectivity index (χ0n) is 12.5. The van der Waals surface area contributed by atoms with Gasteiger partial charge >= 0.3 is 0 Å². The van der Waals surface area contributed by atoms with E-state index >= 15 is 0 Å². The monoisotopic (exact) mass is 301 g/mol. The number of rotatable bonds is 4. The number of amides is 1. The third-order valence-corrected chi connectivity index (χ3v) is 3.74. The lowest BCUT2D eigenvalue weighted by Gasteiger charge is -2.34. The van der Waals surface area contributed by atoms with Crippen molar-refractivity contribution >= 4 is 5.91 Å². The lowest BCUT2D eigenvalue weighted by molar-refractivity contribution is -0.134. The first-order valence-corrected chi connectivity index (χ1v) is 7.48. The van der Waals surface area contributed by atoms with Gasteiger partial charge in [-0.3, -0.25) is 9.78 Å². The molecule has 2 aromatic heterocycles. The molecule has 0 spiro atoms. The molecule has 1 saturated heterocycles. The average Bonchev–Trinajstić information content (AvgIpc) is 3.03. The standard InChI is InChI=1S/C15H19N5O2/c1-11-10-16-8-9-20(11)14(21)6-5-13-18-15(19-22-13)12-4-2-3-7-17-12/h2-4,7,11,16H,5-6,8-10H2,1H3/t11-/m0/s1. The van der Waals surface area contributed by atoms with Crippen molar-refractivity contribution in [3.8, 4) is 11.5 Å². The third-order valence-electron chi connectivity index (χ3n) is 3.74. The number of carbonyl (C=O) groups excluding carboxylic acids is 1. The molecule has 0 saturated carbocycles. The molecular formula is C15H19N5O2. The highest BCUT2D eigenvalue weighted by Gasteiger charge is 2.23. The Hall–Kier alpha value is -2.28. The van der Waals surface area contributed by atoms with Crippen LogP contribution in [-0.4, -0.2) is 51.6 Å². The first kappa shape index (κ1) is 14.6. The number of nitrogens with zero attached hydrogens (tertiary/aromatic N) is 4. The van der Waals surface area contributed by atoms with Crippen LogP contribution in [0.5, 0.6) is 0 Å². The maximum absolute atomic E-state index is 12.3. The summed E-state index contributed by atoms with van der Waals surface area (Å²) in [4.78, 5) is 22.6. The molecule has 0 unspecified atom stereocenters. The Morgan fingerprint density at radius 2 is 2.41 bits per heavy atom. The topological polar surface area (TPSA) is 84.2 Å². The summed E-state index contributed by atoms with van der Waals surface area (Å²) < 4.78 is 5.20. The number of piperazine rings is 1. The van der Waals surface area contributed by atoms with Gasteiger partial charge in [-0.05, 0) is 19.1 Å². The van der Waals surface area contributed by atoms with Crippen LogP contribution in [0.3, 0.4) is 0 Å². The van der Waals surface area contributed by atoms with Gasteiger partial charge in [0.05, 0.1) is 0 Å². The zero-order chi connectivity index (χ0) is 15.4.